The predicted molar refractivity (Wildman–Crippen MR) is 184 cm³/mol. The average Bonchev–Trinajstić information content (AvgIpc) is 3.02. The van der Waals surface area contributed by atoms with Crippen molar-refractivity contribution in [1.29, 1.82) is 0 Å². The monoisotopic (exact) mass is 612 g/mol. The largest absolute Gasteiger partial charge is 0.494 e. The van der Waals surface area contributed by atoms with Gasteiger partial charge >= 0.3 is 0 Å². The van der Waals surface area contributed by atoms with E-state index >= 15 is 0 Å². The molecule has 0 aliphatic carbocycles. The lowest BCUT2D eigenvalue weighted by Gasteiger charge is -2.07. The third kappa shape index (κ3) is 18.3. The first-order valence-corrected chi connectivity index (χ1v) is 19.0. The molecule has 0 radical (unpaired) electrons. The number of hydrogen-bond acceptors (Lipinski definition) is 4. The van der Waals surface area contributed by atoms with Gasteiger partial charge in [0.15, 0.2) is 9.84 Å². The molecule has 0 atom stereocenters. The molecule has 43 heavy (non-hydrogen) atoms. The zero-order valence-electron chi connectivity index (χ0n) is 27.1. The molecule has 2 aromatic carbocycles. The van der Waals surface area contributed by atoms with Crippen molar-refractivity contribution in [2.45, 2.75) is 140 Å². The van der Waals surface area contributed by atoms with Crippen LogP contribution in [-0.2, 0) is 9.84 Å². The highest BCUT2D eigenvalue weighted by Gasteiger charge is 2.13. The maximum Gasteiger partial charge on any atom is 0.178 e. The van der Waals surface area contributed by atoms with Gasteiger partial charge < -0.3 is 9.84 Å². The molecule has 0 saturated carbocycles. The minimum absolute atomic E-state index is 0.190. The molecule has 0 aromatic heterocycles. The molecule has 0 spiro atoms. The van der Waals surface area contributed by atoms with E-state index in [1.54, 1.807) is 12.1 Å². The van der Waals surface area contributed by atoms with E-state index in [0.29, 0.717) is 11.3 Å². The molecule has 5 heteroatoms. The summed E-state index contributed by atoms with van der Waals surface area (Å²) in [6, 6.07) is 15.3. The minimum Gasteiger partial charge on any atom is -0.494 e. The zero-order valence-corrected chi connectivity index (χ0v) is 27.9. The van der Waals surface area contributed by atoms with Gasteiger partial charge in [-0.15, -0.1) is 0 Å². The first kappa shape index (κ1) is 37.1. The van der Waals surface area contributed by atoms with Crippen LogP contribution in [-0.4, -0.2) is 32.5 Å². The van der Waals surface area contributed by atoms with Gasteiger partial charge in [0.05, 0.1) is 17.3 Å². The second-order valence-corrected chi connectivity index (χ2v) is 14.2. The third-order valence-electron chi connectivity index (χ3n) is 8.18. The van der Waals surface area contributed by atoms with E-state index in [0.717, 1.165) is 62.0 Å². The predicted octanol–water partition coefficient (Wildman–Crippen LogP) is 10.8. The number of hydrogen-bond donors (Lipinski definition) is 1. The summed E-state index contributed by atoms with van der Waals surface area (Å²) < 4.78 is 31.2. The van der Waals surface area contributed by atoms with E-state index in [2.05, 4.69) is 19.1 Å². The molecule has 0 aliphatic heterocycles. The van der Waals surface area contributed by atoms with E-state index in [1.807, 2.05) is 36.4 Å². The number of unbranched alkanes of at least 4 members (excludes halogenated alkanes) is 18. The van der Waals surface area contributed by atoms with Gasteiger partial charge in [0, 0.05) is 6.61 Å². The van der Waals surface area contributed by atoms with Gasteiger partial charge in [-0.2, -0.15) is 0 Å². The van der Waals surface area contributed by atoms with E-state index < -0.39 is 9.84 Å². The topological polar surface area (TPSA) is 63.6 Å². The Bertz CT molecular complexity index is 1060. The Balaban J connectivity index is 1.55. The first-order valence-electron chi connectivity index (χ1n) is 17.4. The molecule has 1 N–H and O–H groups in total. The van der Waals surface area contributed by atoms with Crippen molar-refractivity contribution in [2.75, 3.05) is 19.0 Å². The van der Waals surface area contributed by atoms with Crippen LogP contribution in [0.25, 0.3) is 12.2 Å². The Labute approximate surface area is 264 Å². The summed E-state index contributed by atoms with van der Waals surface area (Å²) in [4.78, 5) is 0.394. The Morgan fingerprint density at radius 1 is 0.558 bits per heavy atom. The van der Waals surface area contributed by atoms with Crippen LogP contribution >= 0.6 is 0 Å². The normalized spacial score (nSPS) is 11.9. The average molecular weight is 613 g/mol. The number of benzene rings is 2. The number of aliphatic hydroxyl groups is 1. The molecule has 0 heterocycles. The highest BCUT2D eigenvalue weighted by molar-refractivity contribution is 7.91. The molecule has 0 aliphatic rings. The van der Waals surface area contributed by atoms with Crippen molar-refractivity contribution in [2.24, 2.45) is 0 Å². The van der Waals surface area contributed by atoms with Crippen molar-refractivity contribution < 1.29 is 18.3 Å². The van der Waals surface area contributed by atoms with Gasteiger partial charge in [-0.1, -0.05) is 152 Å². The summed E-state index contributed by atoms with van der Waals surface area (Å²) in [6.07, 6.45) is 28.6. The van der Waals surface area contributed by atoms with Crippen LogP contribution in [0.1, 0.15) is 146 Å². The molecule has 0 fully saturated rings. The van der Waals surface area contributed by atoms with Crippen LogP contribution in [0.3, 0.4) is 0 Å². The summed E-state index contributed by atoms with van der Waals surface area (Å²) in [7, 11) is -3.25. The van der Waals surface area contributed by atoms with E-state index in [-0.39, 0.29) is 12.4 Å². The number of aliphatic hydroxyl groups excluding tert-OH is 1. The smallest absolute Gasteiger partial charge is 0.178 e. The number of ether oxygens (including phenoxy) is 1. The van der Waals surface area contributed by atoms with Crippen LogP contribution in [0.15, 0.2) is 53.4 Å². The van der Waals surface area contributed by atoms with Crippen LogP contribution in [0.2, 0.25) is 0 Å². The van der Waals surface area contributed by atoms with Crippen molar-refractivity contribution in [3.63, 3.8) is 0 Å². The summed E-state index contributed by atoms with van der Waals surface area (Å²) in [6.45, 7) is 3.29. The van der Waals surface area contributed by atoms with E-state index in [4.69, 9.17) is 9.84 Å². The van der Waals surface area contributed by atoms with Gasteiger partial charge in [0.25, 0.3) is 0 Å². The summed E-state index contributed by atoms with van der Waals surface area (Å²) in [5, 5.41) is 8.82. The molecule has 2 aromatic rings. The fourth-order valence-electron chi connectivity index (χ4n) is 5.37. The maximum atomic E-state index is 12.7. The Morgan fingerprint density at radius 3 is 1.47 bits per heavy atom. The van der Waals surface area contributed by atoms with Crippen molar-refractivity contribution in [1.82, 2.24) is 0 Å². The van der Waals surface area contributed by atoms with Crippen LogP contribution in [0, 0.1) is 0 Å². The SMILES string of the molecule is CCCCCCCCCCCCCCCCOc1ccc(C=Cc2ccc(S(=O)(=O)CCCCCCCCO)cc2)cc1. The third-order valence-corrected chi connectivity index (χ3v) is 9.99. The molecule has 0 saturated heterocycles. The summed E-state index contributed by atoms with van der Waals surface area (Å²) in [5.41, 5.74) is 2.06. The van der Waals surface area contributed by atoms with Crippen LogP contribution < -0.4 is 4.74 Å². The van der Waals surface area contributed by atoms with Gasteiger partial charge in [0.2, 0.25) is 0 Å². The Hall–Kier alpha value is -2.11. The standard InChI is InChI=1S/C38H60O4S/c1-2-3-4-5-6-7-8-9-10-11-12-14-17-20-33-42-37-28-24-35(25-29-37)22-23-36-26-30-38(31-27-36)43(40,41)34-21-18-15-13-16-19-32-39/h22-31,39H,2-21,32-34H2,1H3. The van der Waals surface area contributed by atoms with Gasteiger partial charge in [-0.05, 0) is 54.7 Å². The van der Waals surface area contributed by atoms with Crippen molar-refractivity contribution >= 4 is 22.0 Å². The molecular formula is C38H60O4S. The minimum atomic E-state index is -3.25. The molecule has 2 rings (SSSR count). The molecule has 0 amide bonds. The number of sulfone groups is 1. The van der Waals surface area contributed by atoms with Crippen LogP contribution in [0.5, 0.6) is 5.75 Å². The fraction of sp³-hybridized carbons (Fsp3) is 0.632. The lowest BCUT2D eigenvalue weighted by atomic mass is 10.0. The molecule has 242 valence electrons. The quantitative estimate of drug-likeness (QED) is 0.0805. The number of rotatable bonds is 27. The molecule has 0 bridgehead atoms. The second kappa shape index (κ2) is 24.2. The van der Waals surface area contributed by atoms with Gasteiger partial charge in [-0.3, -0.25) is 0 Å². The summed E-state index contributed by atoms with van der Waals surface area (Å²) in [5.74, 6) is 1.10. The fourth-order valence-corrected chi connectivity index (χ4v) is 6.74. The lowest BCUT2D eigenvalue weighted by Crippen LogP contribution is -2.06. The molecular weight excluding hydrogens is 552 g/mol. The maximum absolute atomic E-state index is 12.7. The Kier molecular flexibility index (Phi) is 20.9. The molecule has 4 nitrogen and oxygen atoms in total. The highest BCUT2D eigenvalue weighted by Crippen LogP contribution is 2.19. The zero-order chi connectivity index (χ0) is 30.9. The van der Waals surface area contributed by atoms with Gasteiger partial charge in [-0.25, -0.2) is 8.42 Å². The highest BCUT2D eigenvalue weighted by atomic mass is 32.2. The first-order chi connectivity index (χ1) is 21.0. The van der Waals surface area contributed by atoms with Crippen molar-refractivity contribution in [3.05, 3.63) is 59.7 Å². The lowest BCUT2D eigenvalue weighted by molar-refractivity contribution is 0.282. The van der Waals surface area contributed by atoms with E-state index in [1.165, 1.54) is 83.5 Å². The van der Waals surface area contributed by atoms with Crippen LogP contribution in [0.4, 0.5) is 0 Å². The Morgan fingerprint density at radius 2 is 0.977 bits per heavy atom. The molecule has 0 unspecified atom stereocenters. The van der Waals surface area contributed by atoms with Gasteiger partial charge in [0.1, 0.15) is 5.75 Å². The van der Waals surface area contributed by atoms with Crippen molar-refractivity contribution in [3.8, 4) is 5.75 Å². The second-order valence-electron chi connectivity index (χ2n) is 12.1. The summed E-state index contributed by atoms with van der Waals surface area (Å²) >= 11 is 0. The van der Waals surface area contributed by atoms with E-state index in [9.17, 15) is 8.42 Å².